The fraction of sp³-hybridized carbons (Fsp3) is 0.474. The monoisotopic (exact) mass is 486 g/mol. The van der Waals surface area contributed by atoms with Crippen LogP contribution >= 0.6 is 35.3 Å². The molecule has 0 saturated carbocycles. The Kier molecular flexibility index (Phi) is 7.85. The molecule has 1 atom stereocenters. The van der Waals surface area contributed by atoms with Crippen LogP contribution in [0, 0.1) is 20.8 Å². The fourth-order valence-electron chi connectivity index (χ4n) is 3.08. The van der Waals surface area contributed by atoms with Gasteiger partial charge in [-0.2, -0.15) is 0 Å². The third-order valence-corrected chi connectivity index (χ3v) is 5.66. The third kappa shape index (κ3) is 4.95. The number of aliphatic imine (C=N–C) groups is 1. The van der Waals surface area contributed by atoms with Gasteiger partial charge >= 0.3 is 0 Å². The van der Waals surface area contributed by atoms with Crippen LogP contribution < -0.4 is 5.32 Å². The summed E-state index contributed by atoms with van der Waals surface area (Å²) in [5, 5.41) is 4.55. The molecule has 0 aliphatic carbocycles. The van der Waals surface area contributed by atoms with Gasteiger partial charge in [0.05, 0.1) is 25.4 Å². The minimum atomic E-state index is 0. The second kappa shape index (κ2) is 9.66. The SMILES string of the molecule is CN=C(NCc1nc(C)c(C)s1)N1CCOC(c2ccccc2C)C1.I. The van der Waals surface area contributed by atoms with Gasteiger partial charge < -0.3 is 15.0 Å². The van der Waals surface area contributed by atoms with E-state index in [2.05, 4.69) is 65.2 Å². The van der Waals surface area contributed by atoms with Crippen LogP contribution in [0.5, 0.6) is 0 Å². The van der Waals surface area contributed by atoms with Crippen LogP contribution in [0.15, 0.2) is 29.3 Å². The molecule has 7 heteroatoms. The lowest BCUT2D eigenvalue weighted by molar-refractivity contribution is -0.00833. The number of aromatic nitrogens is 1. The maximum atomic E-state index is 6.02. The molecule has 1 aromatic carbocycles. The molecule has 1 aliphatic heterocycles. The highest BCUT2D eigenvalue weighted by molar-refractivity contribution is 14.0. The van der Waals surface area contributed by atoms with Crippen LogP contribution in [0.1, 0.15) is 32.8 Å². The Balaban J connectivity index is 0.00000243. The first-order valence-corrected chi connectivity index (χ1v) is 9.45. The molecule has 0 spiro atoms. The number of hydrogen-bond acceptors (Lipinski definition) is 4. The van der Waals surface area contributed by atoms with Gasteiger partial charge in [-0.1, -0.05) is 24.3 Å². The summed E-state index contributed by atoms with van der Waals surface area (Å²) in [4.78, 5) is 12.6. The number of aryl methyl sites for hydroxylation is 3. The van der Waals surface area contributed by atoms with E-state index in [1.807, 2.05) is 7.05 Å². The summed E-state index contributed by atoms with van der Waals surface area (Å²) in [6.45, 7) is 9.36. The van der Waals surface area contributed by atoms with Gasteiger partial charge in [0.1, 0.15) is 11.1 Å². The Labute approximate surface area is 176 Å². The van der Waals surface area contributed by atoms with Gasteiger partial charge in [-0.3, -0.25) is 4.99 Å². The van der Waals surface area contributed by atoms with Crippen LogP contribution in [0.3, 0.4) is 0 Å². The summed E-state index contributed by atoms with van der Waals surface area (Å²) < 4.78 is 6.02. The number of nitrogens with one attached hydrogen (secondary N) is 1. The fourth-order valence-corrected chi connectivity index (χ4v) is 3.95. The van der Waals surface area contributed by atoms with Crippen molar-refractivity contribution in [2.45, 2.75) is 33.4 Å². The number of benzene rings is 1. The zero-order valence-corrected chi connectivity index (χ0v) is 18.9. The number of hydrogen-bond donors (Lipinski definition) is 1. The van der Waals surface area contributed by atoms with Crippen molar-refractivity contribution in [3.05, 3.63) is 51.0 Å². The van der Waals surface area contributed by atoms with Crippen LogP contribution in [-0.2, 0) is 11.3 Å². The molecule has 0 bridgehead atoms. The lowest BCUT2D eigenvalue weighted by Gasteiger charge is -2.35. The van der Waals surface area contributed by atoms with E-state index in [1.54, 1.807) is 11.3 Å². The Morgan fingerprint density at radius 2 is 2.12 bits per heavy atom. The second-order valence-corrected chi connectivity index (χ2v) is 7.60. The van der Waals surface area contributed by atoms with Crippen LogP contribution in [0.2, 0.25) is 0 Å². The number of guanidine groups is 1. The average molecular weight is 486 g/mol. The number of ether oxygens (including phenoxy) is 1. The van der Waals surface area contributed by atoms with Crippen molar-refractivity contribution < 1.29 is 4.74 Å². The molecule has 142 valence electrons. The highest BCUT2D eigenvalue weighted by Crippen LogP contribution is 2.25. The molecule has 1 fully saturated rings. The predicted molar refractivity (Wildman–Crippen MR) is 119 cm³/mol. The molecule has 1 saturated heterocycles. The normalized spacial score (nSPS) is 17.8. The number of halogens is 1. The Morgan fingerprint density at radius 1 is 1.35 bits per heavy atom. The highest BCUT2D eigenvalue weighted by atomic mass is 127. The molecule has 5 nitrogen and oxygen atoms in total. The van der Waals surface area contributed by atoms with Crippen molar-refractivity contribution in [3.63, 3.8) is 0 Å². The smallest absolute Gasteiger partial charge is 0.194 e. The molecule has 1 aromatic heterocycles. The average Bonchev–Trinajstić information content (AvgIpc) is 2.94. The van der Waals surface area contributed by atoms with E-state index in [4.69, 9.17) is 4.74 Å². The van der Waals surface area contributed by atoms with Crippen LogP contribution in [0.4, 0.5) is 0 Å². The van der Waals surface area contributed by atoms with Crippen molar-refractivity contribution in [2.75, 3.05) is 26.7 Å². The molecule has 0 radical (unpaired) electrons. The van der Waals surface area contributed by atoms with Gasteiger partial charge in [-0.05, 0) is 31.9 Å². The van der Waals surface area contributed by atoms with E-state index in [0.717, 1.165) is 29.8 Å². The lowest BCUT2D eigenvalue weighted by Crippen LogP contribution is -2.48. The largest absolute Gasteiger partial charge is 0.370 e. The maximum absolute atomic E-state index is 6.02. The minimum absolute atomic E-state index is 0. The van der Waals surface area contributed by atoms with Gasteiger partial charge in [-0.25, -0.2) is 4.98 Å². The van der Waals surface area contributed by atoms with Gasteiger partial charge in [0.2, 0.25) is 0 Å². The second-order valence-electron chi connectivity index (χ2n) is 6.31. The molecule has 1 aliphatic rings. The van der Waals surface area contributed by atoms with Crippen LogP contribution in [-0.4, -0.2) is 42.6 Å². The number of thiazole rings is 1. The Hall–Kier alpha value is -1.19. The zero-order valence-electron chi connectivity index (χ0n) is 15.8. The third-order valence-electron chi connectivity index (χ3n) is 4.58. The topological polar surface area (TPSA) is 49.8 Å². The lowest BCUT2D eigenvalue weighted by atomic mass is 10.0. The van der Waals surface area contributed by atoms with Crippen molar-refractivity contribution >= 4 is 41.3 Å². The predicted octanol–water partition coefficient (Wildman–Crippen LogP) is 3.84. The molecule has 2 heterocycles. The van der Waals surface area contributed by atoms with Gasteiger partial charge in [0, 0.05) is 18.5 Å². The van der Waals surface area contributed by atoms with E-state index in [9.17, 15) is 0 Å². The van der Waals surface area contributed by atoms with E-state index in [-0.39, 0.29) is 30.1 Å². The van der Waals surface area contributed by atoms with E-state index < -0.39 is 0 Å². The maximum Gasteiger partial charge on any atom is 0.194 e. The summed E-state index contributed by atoms with van der Waals surface area (Å²) in [6, 6.07) is 8.43. The summed E-state index contributed by atoms with van der Waals surface area (Å²) >= 11 is 1.74. The Morgan fingerprint density at radius 3 is 2.77 bits per heavy atom. The van der Waals surface area contributed by atoms with Crippen molar-refractivity contribution in [3.8, 4) is 0 Å². The van der Waals surface area contributed by atoms with E-state index >= 15 is 0 Å². The summed E-state index contributed by atoms with van der Waals surface area (Å²) in [5.41, 5.74) is 3.64. The highest BCUT2D eigenvalue weighted by Gasteiger charge is 2.25. The molecule has 1 unspecified atom stereocenters. The van der Waals surface area contributed by atoms with Crippen molar-refractivity contribution in [1.29, 1.82) is 0 Å². The molecular formula is C19H27IN4OS. The van der Waals surface area contributed by atoms with Gasteiger partial charge in [-0.15, -0.1) is 35.3 Å². The minimum Gasteiger partial charge on any atom is -0.370 e. The number of nitrogens with zero attached hydrogens (tertiary/aromatic N) is 3. The first kappa shape index (κ1) is 21.1. The molecule has 2 aromatic rings. The van der Waals surface area contributed by atoms with E-state index in [0.29, 0.717) is 13.2 Å². The molecule has 0 amide bonds. The summed E-state index contributed by atoms with van der Waals surface area (Å²) in [6.07, 6.45) is 0.0813. The standard InChI is InChI=1S/C19H26N4OS.HI/c1-13-7-5-6-8-16(13)17-12-23(9-10-24-17)19(20-4)21-11-18-22-14(2)15(3)25-18;/h5-8,17H,9-12H2,1-4H3,(H,20,21);1H. The zero-order chi connectivity index (χ0) is 17.8. The summed E-state index contributed by atoms with van der Waals surface area (Å²) in [7, 11) is 1.83. The molecule has 26 heavy (non-hydrogen) atoms. The molecular weight excluding hydrogens is 459 g/mol. The molecule has 3 rings (SSSR count). The van der Waals surface area contributed by atoms with Gasteiger partial charge in [0.25, 0.3) is 0 Å². The summed E-state index contributed by atoms with van der Waals surface area (Å²) in [5.74, 6) is 0.910. The first-order valence-electron chi connectivity index (χ1n) is 8.64. The van der Waals surface area contributed by atoms with Crippen molar-refractivity contribution in [1.82, 2.24) is 15.2 Å². The van der Waals surface area contributed by atoms with Gasteiger partial charge in [0.15, 0.2) is 5.96 Å². The first-order chi connectivity index (χ1) is 12.1. The number of rotatable bonds is 3. The quantitative estimate of drug-likeness (QED) is 0.407. The van der Waals surface area contributed by atoms with Crippen LogP contribution in [0.25, 0.3) is 0 Å². The number of morpholine rings is 1. The van der Waals surface area contributed by atoms with Crippen molar-refractivity contribution in [2.24, 2.45) is 4.99 Å². The van der Waals surface area contributed by atoms with E-state index in [1.165, 1.54) is 16.0 Å². The Bertz CT molecular complexity index is 742. The molecule has 1 N–H and O–H groups in total.